The molecule has 1 aromatic rings. The molecule has 18 heavy (non-hydrogen) atoms. The van der Waals surface area contributed by atoms with Crippen LogP contribution in [0.15, 0.2) is 23.1 Å². The smallest absolute Gasteiger partial charge is 0.207 e. The van der Waals surface area contributed by atoms with Gasteiger partial charge in [0.1, 0.15) is 0 Å². The molecule has 0 fully saturated rings. The molecule has 98 valence electrons. The second-order valence-electron chi connectivity index (χ2n) is 4.29. The molecular weight excluding hydrogens is 246 g/mol. The number of aryl methyl sites for hydroxylation is 2. The van der Waals surface area contributed by atoms with E-state index in [-0.39, 0.29) is 6.54 Å². The predicted octanol–water partition coefficient (Wildman–Crippen LogP) is 2.34. The minimum Gasteiger partial charge on any atom is -0.207 e. The van der Waals surface area contributed by atoms with Crippen LogP contribution in [0.3, 0.4) is 0 Å². The highest BCUT2D eigenvalue weighted by atomic mass is 32.2. The summed E-state index contributed by atoms with van der Waals surface area (Å²) < 4.78 is 26.2. The Hall–Kier alpha value is -1.31. The van der Waals surface area contributed by atoms with E-state index in [1.54, 1.807) is 12.1 Å². The summed E-state index contributed by atoms with van der Waals surface area (Å²) in [5, 5.41) is 0. The summed E-state index contributed by atoms with van der Waals surface area (Å²) in [5.74, 6) is 2.40. The summed E-state index contributed by atoms with van der Waals surface area (Å²) in [6, 6.07) is 5.16. The third-order valence-corrected chi connectivity index (χ3v) is 4.70. The minimum absolute atomic E-state index is 0.114. The van der Waals surface area contributed by atoms with Gasteiger partial charge in [0.05, 0.1) is 11.4 Å². The van der Waals surface area contributed by atoms with Crippen LogP contribution in [0, 0.1) is 26.2 Å². The lowest BCUT2D eigenvalue weighted by Gasteiger charge is -2.19. The lowest BCUT2D eigenvalue weighted by atomic mass is 10.1. The molecule has 0 aromatic heterocycles. The van der Waals surface area contributed by atoms with Crippen LogP contribution in [0.5, 0.6) is 0 Å². The van der Waals surface area contributed by atoms with E-state index in [2.05, 4.69) is 5.92 Å². The Balaban J connectivity index is 3.18. The first kappa shape index (κ1) is 14.7. The molecular formula is C14H19NO2S. The van der Waals surface area contributed by atoms with Gasteiger partial charge in [-0.25, -0.2) is 8.42 Å². The van der Waals surface area contributed by atoms with Gasteiger partial charge in [-0.2, -0.15) is 4.31 Å². The molecule has 1 aromatic carbocycles. The zero-order chi connectivity index (χ0) is 13.8. The van der Waals surface area contributed by atoms with Crippen molar-refractivity contribution in [2.75, 3.05) is 13.1 Å². The van der Waals surface area contributed by atoms with E-state index < -0.39 is 10.0 Å². The Morgan fingerprint density at radius 1 is 1.28 bits per heavy atom. The third-order valence-electron chi connectivity index (χ3n) is 2.86. The van der Waals surface area contributed by atoms with Crippen LogP contribution in [-0.2, 0) is 10.0 Å². The number of rotatable bonds is 5. The third kappa shape index (κ3) is 3.12. The predicted molar refractivity (Wildman–Crippen MR) is 73.8 cm³/mol. The van der Waals surface area contributed by atoms with E-state index in [4.69, 9.17) is 6.42 Å². The monoisotopic (exact) mass is 265 g/mol. The summed E-state index contributed by atoms with van der Waals surface area (Å²) in [6.07, 6.45) is 5.97. The summed E-state index contributed by atoms with van der Waals surface area (Å²) in [5.41, 5.74) is 2.04. The topological polar surface area (TPSA) is 37.4 Å². The molecule has 0 atom stereocenters. The molecule has 0 N–H and O–H groups in total. The first-order valence-electron chi connectivity index (χ1n) is 5.94. The molecule has 0 saturated carbocycles. The zero-order valence-electron chi connectivity index (χ0n) is 11.1. The number of hydrogen-bond donors (Lipinski definition) is 0. The SMILES string of the molecule is C#CCN(CCC)S(=O)(=O)c1ccc(C)c(C)c1. The lowest BCUT2D eigenvalue weighted by molar-refractivity contribution is 0.445. The number of nitrogens with zero attached hydrogens (tertiary/aromatic N) is 1. The number of benzene rings is 1. The first-order valence-corrected chi connectivity index (χ1v) is 7.38. The fourth-order valence-electron chi connectivity index (χ4n) is 1.66. The minimum atomic E-state index is -3.47. The van der Waals surface area contributed by atoms with E-state index in [0.717, 1.165) is 17.5 Å². The Bertz CT molecular complexity index is 556. The van der Waals surface area contributed by atoms with Crippen molar-refractivity contribution >= 4 is 10.0 Å². The van der Waals surface area contributed by atoms with Crippen molar-refractivity contribution in [3.8, 4) is 12.3 Å². The first-order chi connectivity index (χ1) is 8.43. The Morgan fingerprint density at radius 3 is 2.44 bits per heavy atom. The van der Waals surface area contributed by atoms with E-state index in [1.165, 1.54) is 4.31 Å². The molecule has 0 aliphatic rings. The molecule has 4 heteroatoms. The zero-order valence-corrected chi connectivity index (χ0v) is 11.9. The van der Waals surface area contributed by atoms with Gasteiger partial charge in [0.2, 0.25) is 10.0 Å². The van der Waals surface area contributed by atoms with Gasteiger partial charge in [0.15, 0.2) is 0 Å². The van der Waals surface area contributed by atoms with Crippen LogP contribution < -0.4 is 0 Å². The van der Waals surface area contributed by atoms with Crippen molar-refractivity contribution in [1.82, 2.24) is 4.31 Å². The van der Waals surface area contributed by atoms with Gasteiger partial charge < -0.3 is 0 Å². The fraction of sp³-hybridized carbons (Fsp3) is 0.429. The van der Waals surface area contributed by atoms with E-state index >= 15 is 0 Å². The van der Waals surface area contributed by atoms with Gasteiger partial charge in [-0.1, -0.05) is 18.9 Å². The molecule has 0 aliphatic heterocycles. The molecule has 0 unspecified atom stereocenters. The summed E-state index contributed by atoms with van der Waals surface area (Å²) in [4.78, 5) is 0.314. The van der Waals surface area contributed by atoms with Crippen molar-refractivity contribution in [3.05, 3.63) is 29.3 Å². The molecule has 0 spiro atoms. The number of hydrogen-bond acceptors (Lipinski definition) is 2. The maximum absolute atomic E-state index is 12.4. The van der Waals surface area contributed by atoms with Crippen LogP contribution in [0.1, 0.15) is 24.5 Å². The van der Waals surface area contributed by atoms with Gasteiger partial charge in [-0.15, -0.1) is 6.42 Å². The quantitative estimate of drug-likeness (QED) is 0.766. The molecule has 0 amide bonds. The van der Waals surface area contributed by atoms with Gasteiger partial charge >= 0.3 is 0 Å². The molecule has 0 aliphatic carbocycles. The van der Waals surface area contributed by atoms with E-state index in [9.17, 15) is 8.42 Å². The highest BCUT2D eigenvalue weighted by molar-refractivity contribution is 7.89. The van der Waals surface area contributed by atoms with Gasteiger partial charge in [0, 0.05) is 6.54 Å². The number of sulfonamides is 1. The van der Waals surface area contributed by atoms with Crippen LogP contribution in [0.2, 0.25) is 0 Å². The summed E-state index contributed by atoms with van der Waals surface area (Å²) >= 11 is 0. The maximum Gasteiger partial charge on any atom is 0.243 e. The summed E-state index contributed by atoms with van der Waals surface area (Å²) in [6.45, 7) is 6.35. The Labute approximate surface area is 110 Å². The molecule has 0 bridgehead atoms. The second kappa shape index (κ2) is 6.03. The van der Waals surface area contributed by atoms with Crippen LogP contribution >= 0.6 is 0 Å². The standard InChI is InChI=1S/C14H19NO2S/c1-5-9-15(10-6-2)18(16,17)14-8-7-12(3)13(4)11-14/h1,7-8,11H,6,9-10H2,2-4H3. The van der Waals surface area contributed by atoms with Crippen molar-refractivity contribution in [3.63, 3.8) is 0 Å². The Morgan fingerprint density at radius 2 is 1.94 bits per heavy atom. The second-order valence-corrected chi connectivity index (χ2v) is 6.23. The Kier molecular flexibility index (Phi) is 4.94. The highest BCUT2D eigenvalue weighted by Gasteiger charge is 2.23. The number of terminal acetylenes is 1. The largest absolute Gasteiger partial charge is 0.243 e. The van der Waals surface area contributed by atoms with Crippen molar-refractivity contribution in [2.24, 2.45) is 0 Å². The van der Waals surface area contributed by atoms with Crippen LogP contribution in [0.25, 0.3) is 0 Å². The molecule has 1 rings (SSSR count). The van der Waals surface area contributed by atoms with Gasteiger partial charge in [-0.05, 0) is 43.5 Å². The van der Waals surface area contributed by atoms with E-state index in [1.807, 2.05) is 26.8 Å². The van der Waals surface area contributed by atoms with E-state index in [0.29, 0.717) is 11.4 Å². The molecule has 0 heterocycles. The van der Waals surface area contributed by atoms with Crippen molar-refractivity contribution < 1.29 is 8.42 Å². The summed E-state index contributed by atoms with van der Waals surface area (Å²) in [7, 11) is -3.47. The average Bonchev–Trinajstić information content (AvgIpc) is 2.32. The van der Waals surface area contributed by atoms with Gasteiger partial charge in [-0.3, -0.25) is 0 Å². The average molecular weight is 265 g/mol. The van der Waals surface area contributed by atoms with Crippen molar-refractivity contribution in [1.29, 1.82) is 0 Å². The molecule has 0 radical (unpaired) electrons. The molecule has 3 nitrogen and oxygen atoms in total. The fourth-order valence-corrected chi connectivity index (χ4v) is 3.19. The van der Waals surface area contributed by atoms with Crippen LogP contribution in [-0.4, -0.2) is 25.8 Å². The van der Waals surface area contributed by atoms with Crippen molar-refractivity contribution in [2.45, 2.75) is 32.1 Å². The molecule has 0 saturated heterocycles. The lowest BCUT2D eigenvalue weighted by Crippen LogP contribution is -2.32. The normalized spacial score (nSPS) is 11.5. The maximum atomic E-state index is 12.4. The van der Waals surface area contributed by atoms with Gasteiger partial charge in [0.25, 0.3) is 0 Å². The van der Waals surface area contributed by atoms with Crippen LogP contribution in [0.4, 0.5) is 0 Å². The highest BCUT2D eigenvalue weighted by Crippen LogP contribution is 2.19.